The number of nitrogens with one attached hydrogen (secondary N) is 1. The number of rotatable bonds is 2. The van der Waals surface area contributed by atoms with E-state index in [4.69, 9.17) is 9.47 Å². The first-order valence-corrected chi connectivity index (χ1v) is 8.85. The van der Waals surface area contributed by atoms with Crippen molar-refractivity contribution in [2.45, 2.75) is 78.6 Å². The van der Waals surface area contributed by atoms with Crippen LogP contribution in [0.3, 0.4) is 0 Å². The average Bonchev–Trinajstić information content (AvgIpc) is 2.85. The van der Waals surface area contributed by atoms with Crippen LogP contribution >= 0.6 is 0 Å². The lowest BCUT2D eigenvalue weighted by Gasteiger charge is -2.23. The predicted octanol–water partition coefficient (Wildman–Crippen LogP) is 2.68. The van der Waals surface area contributed by atoms with E-state index in [2.05, 4.69) is 5.32 Å². The summed E-state index contributed by atoms with van der Waals surface area (Å²) in [7, 11) is 1.54. The van der Waals surface area contributed by atoms with E-state index in [-0.39, 0.29) is 17.6 Å². The second kappa shape index (κ2) is 9.75. The van der Waals surface area contributed by atoms with E-state index in [1.54, 1.807) is 20.8 Å². The van der Waals surface area contributed by atoms with Gasteiger partial charge in [-0.05, 0) is 54.4 Å². The van der Waals surface area contributed by atoms with Crippen molar-refractivity contribution in [3.63, 3.8) is 0 Å². The monoisotopic (exact) mass is 374 g/mol. The Morgan fingerprint density at radius 1 is 1.19 bits per heavy atom. The Balaban J connectivity index is 0.000000590. The van der Waals surface area contributed by atoms with Crippen LogP contribution in [0.2, 0.25) is 0 Å². The molecule has 0 aromatic carbocycles. The molecule has 2 N–H and O–H groups in total. The number of hydrogen-bond donors (Lipinski definition) is 2. The molecule has 0 radical (unpaired) electrons. The lowest BCUT2D eigenvalue weighted by Crippen LogP contribution is -2.40. The highest BCUT2D eigenvalue weighted by Crippen LogP contribution is 2.24. The number of alkyl carbamates (subject to hydrolysis) is 1. The molecule has 1 heterocycles. The van der Waals surface area contributed by atoms with Crippen molar-refractivity contribution >= 4 is 18.1 Å². The van der Waals surface area contributed by atoms with Crippen molar-refractivity contribution in [3.05, 3.63) is 0 Å². The van der Waals surface area contributed by atoms with Gasteiger partial charge in [0.05, 0.1) is 12.0 Å². The number of amides is 3. The number of carbonyl (C=O) groups is 3. The van der Waals surface area contributed by atoms with E-state index in [0.717, 1.165) is 4.90 Å². The highest BCUT2D eigenvalue weighted by atomic mass is 16.6. The quantitative estimate of drug-likeness (QED) is 0.770. The third kappa shape index (κ3) is 9.03. The van der Waals surface area contributed by atoms with Crippen molar-refractivity contribution < 1.29 is 29.0 Å². The maximum absolute atomic E-state index is 11.9. The van der Waals surface area contributed by atoms with Crippen molar-refractivity contribution in [1.82, 2.24) is 10.2 Å². The highest BCUT2D eigenvalue weighted by molar-refractivity contribution is 5.95. The van der Waals surface area contributed by atoms with E-state index >= 15 is 0 Å². The molecule has 0 saturated carbocycles. The van der Waals surface area contributed by atoms with E-state index < -0.39 is 23.7 Å². The zero-order valence-electron chi connectivity index (χ0n) is 17.2. The third-order valence-corrected chi connectivity index (χ3v) is 3.35. The van der Waals surface area contributed by atoms with Gasteiger partial charge >= 0.3 is 12.2 Å². The minimum atomic E-state index is -0.671. The fourth-order valence-electron chi connectivity index (χ4n) is 2.17. The van der Waals surface area contributed by atoms with Crippen LogP contribution in [0.1, 0.15) is 61.3 Å². The summed E-state index contributed by atoms with van der Waals surface area (Å²) in [5.74, 6) is -0.791. The van der Waals surface area contributed by atoms with Gasteiger partial charge in [0.2, 0.25) is 5.91 Å². The smallest absolute Gasteiger partial charge is 0.417 e. The summed E-state index contributed by atoms with van der Waals surface area (Å²) in [5, 5.41) is 12.0. The Bertz CT molecular complexity index is 493. The molecular weight excluding hydrogens is 340 g/mol. The van der Waals surface area contributed by atoms with Gasteiger partial charge in [-0.3, -0.25) is 4.79 Å². The van der Waals surface area contributed by atoms with Gasteiger partial charge in [-0.15, -0.1) is 0 Å². The molecule has 152 valence electrons. The fraction of sp³-hybridized carbons (Fsp3) is 0.833. The minimum Gasteiger partial charge on any atom is -0.444 e. The van der Waals surface area contributed by atoms with Crippen LogP contribution in [-0.4, -0.2) is 59.0 Å². The lowest BCUT2D eigenvalue weighted by atomic mass is 9.99. The molecule has 1 saturated heterocycles. The molecule has 0 bridgehead atoms. The first-order chi connectivity index (χ1) is 11.7. The second-order valence-electron chi connectivity index (χ2n) is 8.09. The van der Waals surface area contributed by atoms with Gasteiger partial charge in [0.15, 0.2) is 0 Å². The summed E-state index contributed by atoms with van der Waals surface area (Å²) in [5.41, 5.74) is -1.00. The van der Waals surface area contributed by atoms with E-state index in [1.165, 1.54) is 7.05 Å². The van der Waals surface area contributed by atoms with Crippen LogP contribution in [0, 0.1) is 5.92 Å². The Hall–Kier alpha value is -1.83. The van der Waals surface area contributed by atoms with Gasteiger partial charge < -0.3 is 19.9 Å². The zero-order valence-corrected chi connectivity index (χ0v) is 17.2. The summed E-state index contributed by atoms with van der Waals surface area (Å²) in [6.07, 6.45) is -0.656. The zero-order chi connectivity index (χ0) is 20.7. The van der Waals surface area contributed by atoms with Crippen LogP contribution in [0.4, 0.5) is 9.59 Å². The summed E-state index contributed by atoms with van der Waals surface area (Å²) < 4.78 is 9.98. The Morgan fingerprint density at radius 2 is 1.69 bits per heavy atom. The first kappa shape index (κ1) is 24.2. The van der Waals surface area contributed by atoms with Crippen LogP contribution in [-0.2, 0) is 14.3 Å². The van der Waals surface area contributed by atoms with Crippen molar-refractivity contribution in [3.8, 4) is 0 Å². The van der Waals surface area contributed by atoms with Gasteiger partial charge in [-0.1, -0.05) is 6.92 Å². The van der Waals surface area contributed by atoms with Crippen LogP contribution in [0.25, 0.3) is 0 Å². The molecule has 0 aromatic rings. The number of carbonyl (C=O) groups excluding carboxylic acids is 3. The normalized spacial score (nSPS) is 18.6. The Kier molecular flexibility index (Phi) is 9.07. The van der Waals surface area contributed by atoms with Crippen molar-refractivity contribution in [2.75, 3.05) is 13.6 Å². The summed E-state index contributed by atoms with van der Waals surface area (Å²) in [4.78, 5) is 35.2. The van der Waals surface area contributed by atoms with Gasteiger partial charge in [-0.2, -0.15) is 0 Å². The molecule has 1 aliphatic heterocycles. The van der Waals surface area contributed by atoms with Crippen LogP contribution in [0.5, 0.6) is 0 Å². The molecule has 8 nitrogen and oxygen atoms in total. The standard InChI is InChI=1S/C12H21NO4.C6H13NO2/c1-5-9(14)8-6-7-13(10(8)15)11(16)17-12(2,3)4;1-6(2,3)9-5(8)7-4/h8-9,14H,5-7H2,1-4H3;1-4H3,(H,7,8). The SMILES string of the molecule is CCC(O)C1CCN(C(=O)OC(C)(C)C)C1=O.CNC(=O)OC(C)(C)C. The number of aliphatic hydroxyl groups excluding tert-OH is 1. The fourth-order valence-corrected chi connectivity index (χ4v) is 2.17. The summed E-state index contributed by atoms with van der Waals surface area (Å²) >= 11 is 0. The molecule has 1 aliphatic rings. The van der Waals surface area contributed by atoms with Gasteiger partial charge in [-0.25, -0.2) is 14.5 Å². The van der Waals surface area contributed by atoms with Gasteiger partial charge in [0.25, 0.3) is 0 Å². The number of nitrogens with zero attached hydrogens (tertiary/aromatic N) is 1. The summed E-state index contributed by atoms with van der Waals surface area (Å²) in [6, 6.07) is 0. The number of imide groups is 1. The molecule has 26 heavy (non-hydrogen) atoms. The maximum Gasteiger partial charge on any atom is 0.417 e. The van der Waals surface area contributed by atoms with Gasteiger partial charge in [0, 0.05) is 13.6 Å². The lowest BCUT2D eigenvalue weighted by molar-refractivity contribution is -0.133. The van der Waals surface area contributed by atoms with Crippen molar-refractivity contribution in [2.24, 2.45) is 5.92 Å². The number of hydrogen-bond acceptors (Lipinski definition) is 6. The topological polar surface area (TPSA) is 105 Å². The number of aliphatic hydroxyl groups is 1. The Morgan fingerprint density at radius 3 is 2.04 bits per heavy atom. The highest BCUT2D eigenvalue weighted by Gasteiger charge is 2.40. The molecule has 0 aliphatic carbocycles. The third-order valence-electron chi connectivity index (χ3n) is 3.35. The van der Waals surface area contributed by atoms with E-state index in [9.17, 15) is 19.5 Å². The molecule has 1 rings (SSSR count). The van der Waals surface area contributed by atoms with Crippen LogP contribution < -0.4 is 5.32 Å². The van der Waals surface area contributed by atoms with E-state index in [1.807, 2.05) is 27.7 Å². The first-order valence-electron chi connectivity index (χ1n) is 8.85. The molecule has 0 spiro atoms. The molecule has 3 amide bonds. The number of likely N-dealkylation sites (tertiary alicyclic amines) is 1. The van der Waals surface area contributed by atoms with Crippen molar-refractivity contribution in [1.29, 1.82) is 0 Å². The molecule has 0 aromatic heterocycles. The molecule has 2 atom stereocenters. The van der Waals surface area contributed by atoms with Gasteiger partial charge in [0.1, 0.15) is 11.2 Å². The summed E-state index contributed by atoms with van der Waals surface area (Å²) in [6.45, 7) is 12.9. The average molecular weight is 374 g/mol. The minimum absolute atomic E-state index is 0.325. The van der Waals surface area contributed by atoms with E-state index in [0.29, 0.717) is 19.4 Å². The second-order valence-corrected chi connectivity index (χ2v) is 8.09. The largest absolute Gasteiger partial charge is 0.444 e. The molecular formula is C18H34N2O6. The van der Waals surface area contributed by atoms with Crippen LogP contribution in [0.15, 0.2) is 0 Å². The molecule has 2 unspecified atom stereocenters. The Labute approximate surface area is 156 Å². The maximum atomic E-state index is 11.9. The molecule has 1 fully saturated rings. The molecule has 8 heteroatoms. The number of ether oxygens (including phenoxy) is 2. The predicted molar refractivity (Wildman–Crippen MR) is 97.6 cm³/mol.